The first-order valence-corrected chi connectivity index (χ1v) is 4.51. The molecule has 0 amide bonds. The van der Waals surface area contributed by atoms with Crippen molar-refractivity contribution in [2.45, 2.75) is 46.5 Å². The Morgan fingerprint density at radius 3 is 1.83 bits per heavy atom. The number of ketones is 2. The molecular weight excluding hydrogens is 152 g/mol. The van der Waals surface area contributed by atoms with Gasteiger partial charge in [0.05, 0.1) is 0 Å². The topological polar surface area (TPSA) is 34.1 Å². The Balaban J connectivity index is 0.000000261. The summed E-state index contributed by atoms with van der Waals surface area (Å²) >= 11 is 0. The summed E-state index contributed by atoms with van der Waals surface area (Å²) in [6.07, 6.45) is 3.92. The summed E-state index contributed by atoms with van der Waals surface area (Å²) in [7, 11) is 0. The van der Waals surface area contributed by atoms with E-state index in [1.807, 2.05) is 0 Å². The zero-order valence-corrected chi connectivity index (χ0v) is 8.22. The van der Waals surface area contributed by atoms with Crippen LogP contribution < -0.4 is 0 Å². The van der Waals surface area contributed by atoms with Crippen LogP contribution in [0.25, 0.3) is 0 Å². The van der Waals surface area contributed by atoms with Crippen molar-refractivity contribution in [3.63, 3.8) is 0 Å². The third kappa shape index (κ3) is 7.45. The van der Waals surface area contributed by atoms with Crippen LogP contribution in [0.1, 0.15) is 46.5 Å². The molecule has 12 heavy (non-hydrogen) atoms. The Morgan fingerprint density at radius 1 is 1.25 bits per heavy atom. The summed E-state index contributed by atoms with van der Waals surface area (Å²) in [5, 5.41) is 0. The number of Topliss-reactive ketones (excluding diaryl/α,β-unsaturated/α-hetero) is 2. The van der Waals surface area contributed by atoms with Crippen LogP contribution >= 0.6 is 0 Å². The van der Waals surface area contributed by atoms with Crippen molar-refractivity contribution < 1.29 is 9.59 Å². The van der Waals surface area contributed by atoms with Gasteiger partial charge in [-0.25, -0.2) is 0 Å². The highest BCUT2D eigenvalue weighted by atomic mass is 16.1. The molecule has 0 heterocycles. The van der Waals surface area contributed by atoms with Gasteiger partial charge in [-0.1, -0.05) is 6.92 Å². The second-order valence-corrected chi connectivity index (χ2v) is 3.63. The van der Waals surface area contributed by atoms with Crippen molar-refractivity contribution in [3.05, 3.63) is 0 Å². The fourth-order valence-corrected chi connectivity index (χ4v) is 1.08. The van der Waals surface area contributed by atoms with E-state index < -0.39 is 0 Å². The summed E-state index contributed by atoms with van der Waals surface area (Å²) in [5.41, 5.74) is 0. The van der Waals surface area contributed by atoms with E-state index in [0.717, 1.165) is 31.6 Å². The normalized spacial score (nSPS) is 18.1. The van der Waals surface area contributed by atoms with Crippen molar-refractivity contribution >= 4 is 11.6 Å². The molecule has 0 unspecified atom stereocenters. The molecule has 0 N–H and O–H groups in total. The molecule has 70 valence electrons. The first-order chi connectivity index (χ1) is 5.52. The second-order valence-electron chi connectivity index (χ2n) is 3.63. The Hall–Kier alpha value is -0.660. The van der Waals surface area contributed by atoms with Crippen molar-refractivity contribution in [2.75, 3.05) is 0 Å². The van der Waals surface area contributed by atoms with Crippen molar-refractivity contribution in [1.82, 2.24) is 0 Å². The summed E-state index contributed by atoms with van der Waals surface area (Å²) < 4.78 is 0. The molecule has 0 spiro atoms. The van der Waals surface area contributed by atoms with Gasteiger partial charge < -0.3 is 4.79 Å². The van der Waals surface area contributed by atoms with E-state index in [4.69, 9.17) is 0 Å². The zero-order valence-electron chi connectivity index (χ0n) is 8.22. The minimum atomic E-state index is 0.167. The van der Waals surface area contributed by atoms with E-state index in [0.29, 0.717) is 5.78 Å². The molecule has 0 aromatic heterocycles. The molecule has 1 fully saturated rings. The number of hydrogen-bond donors (Lipinski definition) is 0. The number of carbonyl (C=O) groups excluding carboxylic acids is 2. The monoisotopic (exact) mass is 170 g/mol. The molecule has 1 rings (SSSR count). The second kappa shape index (κ2) is 5.92. The maximum Gasteiger partial charge on any atom is 0.132 e. The summed E-state index contributed by atoms with van der Waals surface area (Å²) in [4.78, 5) is 20.1. The molecule has 1 aliphatic carbocycles. The smallest absolute Gasteiger partial charge is 0.132 e. The van der Waals surface area contributed by atoms with Crippen LogP contribution in [0.15, 0.2) is 0 Å². The van der Waals surface area contributed by atoms with Gasteiger partial charge in [0.1, 0.15) is 11.6 Å². The SMILES string of the molecule is CC(C)=O.CC1CCC(=O)CC1. The predicted molar refractivity (Wildman–Crippen MR) is 49.0 cm³/mol. The maximum absolute atomic E-state index is 10.6. The largest absolute Gasteiger partial charge is 0.300 e. The molecule has 2 heteroatoms. The van der Waals surface area contributed by atoms with Crippen LogP contribution in [0.4, 0.5) is 0 Å². The third-order valence-corrected chi connectivity index (χ3v) is 1.83. The third-order valence-electron chi connectivity index (χ3n) is 1.83. The van der Waals surface area contributed by atoms with Crippen LogP contribution in [0.5, 0.6) is 0 Å². The molecule has 1 saturated carbocycles. The minimum absolute atomic E-state index is 0.167. The van der Waals surface area contributed by atoms with E-state index in [9.17, 15) is 9.59 Å². The lowest BCUT2D eigenvalue weighted by atomic mass is 9.90. The lowest BCUT2D eigenvalue weighted by Gasteiger charge is -2.14. The quantitative estimate of drug-likeness (QED) is 0.559. The van der Waals surface area contributed by atoms with Crippen LogP contribution in [0, 0.1) is 5.92 Å². The number of carbonyl (C=O) groups is 2. The van der Waals surface area contributed by atoms with Crippen LogP contribution in [0.2, 0.25) is 0 Å². The van der Waals surface area contributed by atoms with E-state index >= 15 is 0 Å². The molecule has 0 saturated heterocycles. The predicted octanol–water partition coefficient (Wildman–Crippen LogP) is 2.36. The molecular formula is C10H18O2. The van der Waals surface area contributed by atoms with Crippen molar-refractivity contribution in [1.29, 1.82) is 0 Å². The van der Waals surface area contributed by atoms with Crippen molar-refractivity contribution in [2.24, 2.45) is 5.92 Å². The molecule has 0 aliphatic heterocycles. The van der Waals surface area contributed by atoms with Crippen molar-refractivity contribution in [3.8, 4) is 0 Å². The average Bonchev–Trinajstić information content (AvgIpc) is 1.94. The maximum atomic E-state index is 10.6. The fourth-order valence-electron chi connectivity index (χ4n) is 1.08. The molecule has 0 radical (unpaired) electrons. The minimum Gasteiger partial charge on any atom is -0.300 e. The average molecular weight is 170 g/mol. The zero-order chi connectivity index (χ0) is 9.56. The van der Waals surface area contributed by atoms with Gasteiger partial charge in [-0.15, -0.1) is 0 Å². The number of hydrogen-bond acceptors (Lipinski definition) is 2. The van der Waals surface area contributed by atoms with E-state index in [2.05, 4.69) is 6.92 Å². The highest BCUT2D eigenvalue weighted by Gasteiger charge is 2.13. The van der Waals surface area contributed by atoms with Gasteiger partial charge in [0.15, 0.2) is 0 Å². The standard InChI is InChI=1S/C7H12O.C3H6O/c1-6-2-4-7(8)5-3-6;1-3(2)4/h6H,2-5H2,1H3;1-2H3. The van der Waals surface area contributed by atoms with Crippen LogP contribution in [0.3, 0.4) is 0 Å². The molecule has 2 nitrogen and oxygen atoms in total. The van der Waals surface area contributed by atoms with E-state index in [1.165, 1.54) is 13.8 Å². The van der Waals surface area contributed by atoms with E-state index in [-0.39, 0.29) is 5.78 Å². The van der Waals surface area contributed by atoms with Gasteiger partial charge in [0, 0.05) is 12.8 Å². The Labute approximate surface area is 74.3 Å². The van der Waals surface area contributed by atoms with Gasteiger partial charge in [-0.3, -0.25) is 4.79 Å². The fraction of sp³-hybridized carbons (Fsp3) is 0.800. The van der Waals surface area contributed by atoms with Crippen LogP contribution in [-0.4, -0.2) is 11.6 Å². The van der Waals surface area contributed by atoms with Gasteiger partial charge in [-0.2, -0.15) is 0 Å². The van der Waals surface area contributed by atoms with Gasteiger partial charge in [-0.05, 0) is 32.6 Å². The van der Waals surface area contributed by atoms with E-state index in [1.54, 1.807) is 0 Å². The van der Waals surface area contributed by atoms with Crippen LogP contribution in [-0.2, 0) is 9.59 Å². The van der Waals surface area contributed by atoms with Gasteiger partial charge in [0.25, 0.3) is 0 Å². The Kier molecular flexibility index (Phi) is 5.60. The summed E-state index contributed by atoms with van der Waals surface area (Å²) in [6, 6.07) is 0. The highest BCUT2D eigenvalue weighted by Crippen LogP contribution is 2.19. The van der Waals surface area contributed by atoms with Gasteiger partial charge >= 0.3 is 0 Å². The summed E-state index contributed by atoms with van der Waals surface area (Å²) in [5.74, 6) is 1.43. The molecule has 0 aromatic rings. The molecule has 0 atom stereocenters. The Bertz CT molecular complexity index is 147. The summed E-state index contributed by atoms with van der Waals surface area (Å²) in [6.45, 7) is 5.27. The molecule has 0 aromatic carbocycles. The first-order valence-electron chi connectivity index (χ1n) is 4.51. The first kappa shape index (κ1) is 11.3. The number of rotatable bonds is 0. The Morgan fingerprint density at radius 2 is 1.58 bits per heavy atom. The molecule has 0 bridgehead atoms. The lowest BCUT2D eigenvalue weighted by Crippen LogP contribution is -2.10. The molecule has 1 aliphatic rings. The lowest BCUT2D eigenvalue weighted by molar-refractivity contribution is -0.121. The van der Waals surface area contributed by atoms with Gasteiger partial charge in [0.2, 0.25) is 0 Å². The highest BCUT2D eigenvalue weighted by molar-refractivity contribution is 5.78.